The van der Waals surface area contributed by atoms with Crippen molar-refractivity contribution in [3.8, 4) is 0 Å². The summed E-state index contributed by atoms with van der Waals surface area (Å²) in [6.07, 6.45) is 8.24. The van der Waals surface area contributed by atoms with Crippen LogP contribution in [0.4, 0.5) is 0 Å². The average Bonchev–Trinajstić information content (AvgIpc) is 2.86. The van der Waals surface area contributed by atoms with E-state index in [-0.39, 0.29) is 6.04 Å². The zero-order valence-corrected chi connectivity index (χ0v) is 15.7. The van der Waals surface area contributed by atoms with Gasteiger partial charge in [-0.2, -0.15) is 0 Å². The van der Waals surface area contributed by atoms with Crippen molar-refractivity contribution in [2.75, 3.05) is 13.1 Å². The van der Waals surface area contributed by atoms with Crippen LogP contribution in [-0.4, -0.2) is 35.1 Å². The number of carboxylic acids is 1. The molecule has 1 heterocycles. The molecule has 0 spiro atoms. The SMILES string of the molecule is O=C(O)[C@H]1CCCCN1CCC=C1c2ccccc2CCc2ccccc21. The van der Waals surface area contributed by atoms with Crippen molar-refractivity contribution in [1.82, 2.24) is 4.90 Å². The fourth-order valence-electron chi connectivity index (χ4n) is 4.55. The number of nitrogens with zero attached hydrogens (tertiary/aromatic N) is 1. The van der Waals surface area contributed by atoms with E-state index in [2.05, 4.69) is 59.5 Å². The molecule has 1 N–H and O–H groups in total. The molecule has 2 aromatic carbocycles. The molecule has 3 heteroatoms. The molecule has 3 nitrogen and oxygen atoms in total. The topological polar surface area (TPSA) is 40.5 Å². The third-order valence-corrected chi connectivity index (χ3v) is 5.94. The second-order valence-electron chi connectivity index (χ2n) is 7.61. The first-order valence-corrected chi connectivity index (χ1v) is 10.1. The number of aryl methyl sites for hydroxylation is 2. The Kier molecular flexibility index (Phi) is 5.40. The van der Waals surface area contributed by atoms with Crippen molar-refractivity contribution in [2.45, 2.75) is 44.6 Å². The molecule has 4 rings (SSSR count). The van der Waals surface area contributed by atoms with Crippen LogP contribution in [0.3, 0.4) is 0 Å². The van der Waals surface area contributed by atoms with Crippen molar-refractivity contribution < 1.29 is 9.90 Å². The summed E-state index contributed by atoms with van der Waals surface area (Å²) in [6.45, 7) is 1.71. The number of rotatable bonds is 4. The van der Waals surface area contributed by atoms with E-state index < -0.39 is 5.97 Å². The number of hydrogen-bond donors (Lipinski definition) is 1. The van der Waals surface area contributed by atoms with Gasteiger partial charge in [0, 0.05) is 6.54 Å². The normalized spacial score (nSPS) is 19.7. The lowest BCUT2D eigenvalue weighted by atomic mass is 9.93. The quantitative estimate of drug-likeness (QED) is 0.869. The summed E-state index contributed by atoms with van der Waals surface area (Å²) < 4.78 is 0. The van der Waals surface area contributed by atoms with Crippen LogP contribution in [-0.2, 0) is 17.6 Å². The second-order valence-corrected chi connectivity index (χ2v) is 7.61. The summed E-state index contributed by atoms with van der Waals surface area (Å²) in [5, 5.41) is 9.50. The van der Waals surface area contributed by atoms with Crippen molar-refractivity contribution in [3.63, 3.8) is 0 Å². The van der Waals surface area contributed by atoms with Gasteiger partial charge in [-0.25, -0.2) is 0 Å². The summed E-state index contributed by atoms with van der Waals surface area (Å²) >= 11 is 0. The van der Waals surface area contributed by atoms with Gasteiger partial charge in [0.25, 0.3) is 0 Å². The average molecular weight is 361 g/mol. The van der Waals surface area contributed by atoms with Crippen molar-refractivity contribution in [1.29, 1.82) is 0 Å². The Hall–Kier alpha value is -2.39. The van der Waals surface area contributed by atoms with Crippen LogP contribution in [0.25, 0.3) is 5.57 Å². The van der Waals surface area contributed by atoms with Gasteiger partial charge in [0.1, 0.15) is 6.04 Å². The van der Waals surface area contributed by atoms with E-state index in [1.54, 1.807) is 0 Å². The maximum atomic E-state index is 11.5. The smallest absolute Gasteiger partial charge is 0.320 e. The molecule has 0 bridgehead atoms. The molecule has 0 saturated carbocycles. The van der Waals surface area contributed by atoms with Crippen LogP contribution < -0.4 is 0 Å². The minimum atomic E-state index is -0.674. The number of aliphatic carboxylic acids is 1. The molecular weight excluding hydrogens is 334 g/mol. The predicted molar refractivity (Wildman–Crippen MR) is 109 cm³/mol. The van der Waals surface area contributed by atoms with Crippen molar-refractivity contribution in [2.24, 2.45) is 0 Å². The molecule has 27 heavy (non-hydrogen) atoms. The van der Waals surface area contributed by atoms with Gasteiger partial charge >= 0.3 is 5.97 Å². The van der Waals surface area contributed by atoms with E-state index >= 15 is 0 Å². The maximum absolute atomic E-state index is 11.5. The molecule has 1 aliphatic carbocycles. The number of piperidine rings is 1. The molecule has 2 aromatic rings. The van der Waals surface area contributed by atoms with Crippen LogP contribution in [0.2, 0.25) is 0 Å². The van der Waals surface area contributed by atoms with E-state index in [4.69, 9.17) is 0 Å². The zero-order valence-electron chi connectivity index (χ0n) is 15.7. The fraction of sp³-hybridized carbons (Fsp3) is 0.375. The largest absolute Gasteiger partial charge is 0.480 e. The first-order valence-electron chi connectivity index (χ1n) is 10.1. The molecular formula is C24H27NO2. The lowest BCUT2D eigenvalue weighted by Gasteiger charge is -2.32. The lowest BCUT2D eigenvalue weighted by Crippen LogP contribution is -2.44. The number of carboxylic acid groups (broad SMARTS) is 1. The Morgan fingerprint density at radius 1 is 1.00 bits per heavy atom. The summed E-state index contributed by atoms with van der Waals surface area (Å²) in [6, 6.07) is 17.1. The third-order valence-electron chi connectivity index (χ3n) is 5.94. The fourth-order valence-corrected chi connectivity index (χ4v) is 4.55. The summed E-state index contributed by atoms with van der Waals surface area (Å²) in [4.78, 5) is 13.7. The van der Waals surface area contributed by atoms with Crippen LogP contribution in [0.15, 0.2) is 54.6 Å². The molecule has 1 fully saturated rings. The van der Waals surface area contributed by atoms with Gasteiger partial charge < -0.3 is 5.11 Å². The molecule has 0 amide bonds. The number of hydrogen-bond acceptors (Lipinski definition) is 2. The summed E-state index contributed by atoms with van der Waals surface area (Å²) in [7, 11) is 0. The van der Waals surface area contributed by atoms with Crippen molar-refractivity contribution in [3.05, 3.63) is 76.9 Å². The van der Waals surface area contributed by atoms with E-state index in [9.17, 15) is 9.90 Å². The second kappa shape index (κ2) is 8.10. The van der Waals surface area contributed by atoms with Crippen LogP contribution in [0.1, 0.15) is 47.9 Å². The summed E-state index contributed by atoms with van der Waals surface area (Å²) in [5.41, 5.74) is 6.78. The van der Waals surface area contributed by atoms with E-state index in [0.717, 1.165) is 51.6 Å². The Bertz CT molecular complexity index is 805. The van der Waals surface area contributed by atoms with Gasteiger partial charge in [0.05, 0.1) is 0 Å². The lowest BCUT2D eigenvalue weighted by molar-refractivity contribution is -0.144. The molecule has 0 radical (unpaired) electrons. The highest BCUT2D eigenvalue weighted by Crippen LogP contribution is 2.33. The molecule has 1 atom stereocenters. The highest BCUT2D eigenvalue weighted by atomic mass is 16.4. The van der Waals surface area contributed by atoms with Gasteiger partial charge in [-0.05, 0) is 66.5 Å². The zero-order chi connectivity index (χ0) is 18.6. The predicted octanol–water partition coefficient (Wildman–Crippen LogP) is 4.55. The Morgan fingerprint density at radius 3 is 2.26 bits per heavy atom. The minimum absolute atomic E-state index is 0.314. The van der Waals surface area contributed by atoms with Gasteiger partial charge in [0.2, 0.25) is 0 Å². The van der Waals surface area contributed by atoms with Crippen LogP contribution in [0, 0.1) is 0 Å². The molecule has 2 aliphatic rings. The highest BCUT2D eigenvalue weighted by Gasteiger charge is 2.27. The molecule has 1 aliphatic heterocycles. The van der Waals surface area contributed by atoms with Gasteiger partial charge in [-0.1, -0.05) is 61.0 Å². The molecule has 0 aromatic heterocycles. The molecule has 140 valence electrons. The minimum Gasteiger partial charge on any atom is -0.480 e. The van der Waals surface area contributed by atoms with E-state index in [0.29, 0.717) is 0 Å². The van der Waals surface area contributed by atoms with Crippen LogP contribution in [0.5, 0.6) is 0 Å². The van der Waals surface area contributed by atoms with E-state index in [1.807, 2.05) is 0 Å². The standard InChI is InChI=1S/C24H27NO2/c26-24(27)23-13-5-6-16-25(23)17-7-12-22-20-10-3-1-8-18(20)14-15-19-9-2-4-11-21(19)22/h1-4,8-12,23H,5-7,13-17H2,(H,26,27)/t23-/m1/s1. The Balaban J connectivity index is 1.61. The third kappa shape index (κ3) is 3.84. The van der Waals surface area contributed by atoms with Gasteiger partial charge in [0.15, 0.2) is 0 Å². The maximum Gasteiger partial charge on any atom is 0.320 e. The van der Waals surface area contributed by atoms with Crippen molar-refractivity contribution >= 4 is 11.5 Å². The number of carbonyl (C=O) groups is 1. The Labute approximate surface area is 161 Å². The highest BCUT2D eigenvalue weighted by molar-refractivity contribution is 5.83. The van der Waals surface area contributed by atoms with Gasteiger partial charge in [-0.15, -0.1) is 0 Å². The Morgan fingerprint density at radius 2 is 1.63 bits per heavy atom. The monoisotopic (exact) mass is 361 g/mol. The number of likely N-dealkylation sites (tertiary alicyclic amines) is 1. The molecule has 1 saturated heterocycles. The summed E-state index contributed by atoms with van der Waals surface area (Å²) in [5.74, 6) is -0.674. The molecule has 0 unspecified atom stereocenters. The number of fused-ring (bicyclic) bond motifs is 2. The van der Waals surface area contributed by atoms with Gasteiger partial charge in [-0.3, -0.25) is 9.69 Å². The van der Waals surface area contributed by atoms with Crippen LogP contribution >= 0.6 is 0 Å². The first-order chi connectivity index (χ1) is 13.2. The number of benzene rings is 2. The van der Waals surface area contributed by atoms with E-state index in [1.165, 1.54) is 27.8 Å². The first kappa shape index (κ1) is 18.0.